The van der Waals surface area contributed by atoms with Crippen LogP contribution in [0.5, 0.6) is 11.5 Å². The first-order chi connectivity index (χ1) is 19.0. The number of rotatable bonds is 12. The third-order valence-corrected chi connectivity index (χ3v) is 8.07. The Hall–Kier alpha value is -4.05. The van der Waals surface area contributed by atoms with Gasteiger partial charge >= 0.3 is 0 Å². The van der Waals surface area contributed by atoms with Gasteiger partial charge in [0.05, 0.1) is 24.8 Å². The van der Waals surface area contributed by atoms with Gasteiger partial charge in [0.1, 0.15) is 24.1 Å². The minimum absolute atomic E-state index is 0.0244. The molecule has 0 aromatic heterocycles. The molecule has 40 heavy (non-hydrogen) atoms. The molecule has 10 heteroatoms. The van der Waals surface area contributed by atoms with Crippen molar-refractivity contribution in [2.24, 2.45) is 0 Å². The van der Waals surface area contributed by atoms with E-state index in [0.717, 1.165) is 15.4 Å². The number of nitrogens with one attached hydrogen (secondary N) is 1. The van der Waals surface area contributed by atoms with Gasteiger partial charge in [0.2, 0.25) is 11.8 Å². The molecule has 0 saturated heterocycles. The molecule has 0 saturated carbocycles. The van der Waals surface area contributed by atoms with Crippen LogP contribution in [0, 0.1) is 6.92 Å². The number of anilines is 1. The fraction of sp³-hybridized carbons (Fsp3) is 0.333. The highest BCUT2D eigenvalue weighted by Gasteiger charge is 2.34. The van der Waals surface area contributed by atoms with Gasteiger partial charge in [-0.3, -0.25) is 13.9 Å². The fourth-order valence-electron chi connectivity index (χ4n) is 4.18. The molecule has 0 aliphatic heterocycles. The van der Waals surface area contributed by atoms with Crippen LogP contribution in [0.2, 0.25) is 0 Å². The maximum Gasteiger partial charge on any atom is 0.264 e. The van der Waals surface area contributed by atoms with Crippen molar-refractivity contribution in [3.63, 3.8) is 0 Å². The van der Waals surface area contributed by atoms with Crippen LogP contribution in [0.3, 0.4) is 0 Å². The first-order valence-corrected chi connectivity index (χ1v) is 14.4. The van der Waals surface area contributed by atoms with Crippen LogP contribution in [0.1, 0.15) is 31.9 Å². The number of hydrogen-bond donors (Lipinski definition) is 1. The van der Waals surface area contributed by atoms with Gasteiger partial charge in [0, 0.05) is 12.6 Å². The van der Waals surface area contributed by atoms with Crippen LogP contribution in [-0.4, -0.2) is 58.0 Å². The summed E-state index contributed by atoms with van der Waals surface area (Å²) in [6, 6.07) is 19.2. The van der Waals surface area contributed by atoms with E-state index in [1.807, 2.05) is 26.8 Å². The maximum atomic E-state index is 14.0. The Morgan fingerprint density at radius 3 is 2.23 bits per heavy atom. The molecule has 0 aliphatic rings. The summed E-state index contributed by atoms with van der Waals surface area (Å²) in [7, 11) is -1.21. The van der Waals surface area contributed by atoms with Crippen LogP contribution in [0.4, 0.5) is 5.69 Å². The summed E-state index contributed by atoms with van der Waals surface area (Å²) in [4.78, 5) is 28.5. The molecule has 1 N–H and O–H groups in total. The van der Waals surface area contributed by atoms with Crippen molar-refractivity contribution in [2.45, 2.75) is 51.2 Å². The van der Waals surface area contributed by atoms with Crippen molar-refractivity contribution in [3.8, 4) is 11.5 Å². The van der Waals surface area contributed by atoms with Crippen molar-refractivity contribution in [2.75, 3.05) is 25.1 Å². The first kappa shape index (κ1) is 30.5. The average Bonchev–Trinajstić information content (AvgIpc) is 2.94. The predicted octanol–water partition coefficient (Wildman–Crippen LogP) is 4.15. The molecule has 3 rings (SSSR count). The molecule has 3 aromatic rings. The molecule has 0 aliphatic carbocycles. The van der Waals surface area contributed by atoms with E-state index in [0.29, 0.717) is 11.5 Å². The smallest absolute Gasteiger partial charge is 0.264 e. The molecule has 0 fully saturated rings. The van der Waals surface area contributed by atoms with Gasteiger partial charge in [-0.15, -0.1) is 0 Å². The molecule has 9 nitrogen and oxygen atoms in total. The van der Waals surface area contributed by atoms with Crippen LogP contribution in [-0.2, 0) is 26.2 Å². The highest BCUT2D eigenvalue weighted by Crippen LogP contribution is 2.33. The van der Waals surface area contributed by atoms with Gasteiger partial charge in [-0.1, -0.05) is 36.4 Å². The zero-order valence-electron chi connectivity index (χ0n) is 23.7. The number of carbonyl (C=O) groups excluding carboxylic acids is 2. The van der Waals surface area contributed by atoms with E-state index in [2.05, 4.69) is 5.32 Å². The number of methoxy groups -OCH3 is 2. The lowest BCUT2D eigenvalue weighted by Gasteiger charge is -2.32. The third-order valence-electron chi connectivity index (χ3n) is 6.30. The van der Waals surface area contributed by atoms with Crippen molar-refractivity contribution in [1.82, 2.24) is 10.2 Å². The lowest BCUT2D eigenvalue weighted by molar-refractivity contribution is -0.139. The molecule has 2 amide bonds. The van der Waals surface area contributed by atoms with E-state index in [-0.39, 0.29) is 29.1 Å². The number of carbonyl (C=O) groups is 2. The third kappa shape index (κ3) is 7.32. The van der Waals surface area contributed by atoms with E-state index in [9.17, 15) is 18.0 Å². The number of amides is 2. The van der Waals surface area contributed by atoms with Gasteiger partial charge in [-0.05, 0) is 75.2 Å². The number of aryl methyl sites for hydroxylation is 1. The van der Waals surface area contributed by atoms with Crippen molar-refractivity contribution >= 4 is 27.5 Å². The van der Waals surface area contributed by atoms with Gasteiger partial charge in [0.25, 0.3) is 10.0 Å². The summed E-state index contributed by atoms with van der Waals surface area (Å²) in [6.07, 6.45) is 0. The van der Waals surface area contributed by atoms with Gasteiger partial charge < -0.3 is 19.7 Å². The number of benzene rings is 3. The fourth-order valence-corrected chi connectivity index (χ4v) is 5.62. The van der Waals surface area contributed by atoms with E-state index in [1.165, 1.54) is 24.1 Å². The summed E-state index contributed by atoms with van der Waals surface area (Å²) in [5.41, 5.74) is 1.73. The van der Waals surface area contributed by atoms with E-state index >= 15 is 0 Å². The predicted molar refractivity (Wildman–Crippen MR) is 155 cm³/mol. The Morgan fingerprint density at radius 2 is 1.60 bits per heavy atom. The van der Waals surface area contributed by atoms with Crippen LogP contribution < -0.4 is 19.1 Å². The van der Waals surface area contributed by atoms with Crippen LogP contribution >= 0.6 is 0 Å². The number of hydrogen-bond acceptors (Lipinski definition) is 6. The Balaban J connectivity index is 2.10. The lowest BCUT2D eigenvalue weighted by atomic mass is 10.1. The maximum absolute atomic E-state index is 14.0. The zero-order valence-corrected chi connectivity index (χ0v) is 24.6. The van der Waals surface area contributed by atoms with Crippen molar-refractivity contribution in [1.29, 1.82) is 0 Å². The molecular formula is C30H37N3O6S. The van der Waals surface area contributed by atoms with Crippen molar-refractivity contribution < 1.29 is 27.5 Å². The Bertz CT molecular complexity index is 1430. The molecule has 0 unspecified atom stereocenters. The highest BCUT2D eigenvalue weighted by atomic mass is 32.2. The number of nitrogens with zero attached hydrogens (tertiary/aromatic N) is 2. The molecule has 0 radical (unpaired) electrons. The summed E-state index contributed by atoms with van der Waals surface area (Å²) in [5, 5.41) is 2.84. The molecule has 0 spiro atoms. The Morgan fingerprint density at radius 1 is 0.900 bits per heavy atom. The standard InChI is InChI=1S/C30H37N3O6S/c1-21(2)31-30(35)23(4)32(19-24-11-10-12-25(18-24)38-5)29(34)20-33(27-17-22(3)15-16-28(27)39-6)40(36,37)26-13-8-7-9-14-26/h7-18,21,23H,19-20H2,1-6H3,(H,31,35)/t23-/m0/s1. The lowest BCUT2D eigenvalue weighted by Crippen LogP contribution is -2.52. The molecule has 214 valence electrons. The summed E-state index contributed by atoms with van der Waals surface area (Å²) in [5.74, 6) is -0.0149. The monoisotopic (exact) mass is 567 g/mol. The number of sulfonamides is 1. The number of ether oxygens (including phenoxy) is 2. The average molecular weight is 568 g/mol. The van der Waals surface area contributed by atoms with E-state index in [1.54, 1.807) is 68.6 Å². The molecular weight excluding hydrogens is 530 g/mol. The topological polar surface area (TPSA) is 105 Å². The first-order valence-electron chi connectivity index (χ1n) is 12.9. The minimum atomic E-state index is -4.20. The molecule has 0 bridgehead atoms. The second kappa shape index (κ2) is 13.3. The molecule has 0 heterocycles. The minimum Gasteiger partial charge on any atom is -0.497 e. The quantitative estimate of drug-likeness (QED) is 0.353. The second-order valence-corrected chi connectivity index (χ2v) is 11.6. The second-order valence-electron chi connectivity index (χ2n) is 9.71. The summed E-state index contributed by atoms with van der Waals surface area (Å²) < 4.78 is 39.8. The van der Waals surface area contributed by atoms with Crippen LogP contribution in [0.15, 0.2) is 77.7 Å². The summed E-state index contributed by atoms with van der Waals surface area (Å²) >= 11 is 0. The van der Waals surface area contributed by atoms with Crippen molar-refractivity contribution in [3.05, 3.63) is 83.9 Å². The largest absolute Gasteiger partial charge is 0.497 e. The normalized spacial score (nSPS) is 12.0. The SMILES string of the molecule is COc1cccc(CN(C(=O)CN(c2cc(C)ccc2OC)S(=O)(=O)c2ccccc2)[C@@H](C)C(=O)NC(C)C)c1. The highest BCUT2D eigenvalue weighted by molar-refractivity contribution is 7.92. The van der Waals surface area contributed by atoms with Gasteiger partial charge in [-0.2, -0.15) is 0 Å². The zero-order chi connectivity index (χ0) is 29.4. The van der Waals surface area contributed by atoms with E-state index < -0.39 is 28.5 Å². The molecule has 1 atom stereocenters. The van der Waals surface area contributed by atoms with Crippen LogP contribution in [0.25, 0.3) is 0 Å². The Labute approximate surface area is 236 Å². The van der Waals surface area contributed by atoms with E-state index in [4.69, 9.17) is 9.47 Å². The summed E-state index contributed by atoms with van der Waals surface area (Å²) in [6.45, 7) is 6.62. The molecule has 3 aromatic carbocycles. The van der Waals surface area contributed by atoms with Gasteiger partial charge in [0.15, 0.2) is 0 Å². The Kier molecular flexibility index (Phi) is 10.2. The van der Waals surface area contributed by atoms with Gasteiger partial charge in [-0.25, -0.2) is 8.42 Å².